The SMILES string of the molecule is C/C1=C2/[N-][C@H]([C@H](CC(N)=O)[C@@]2(C)CCC(=O)NC[C@@H](C)OP(=O)([O-])O[C@H]2[C@@H](O)[C@H](n3cnc4cc(C)c(C)cc43)O[C@@H]2CO)[C@]2(C)N=C(/C(C)=C3N=C(/C=C4N=C1[C@@H](CCC(N)=O)C\4(C)C)[C@@H](CCC(N)=O)[C@]\3(C)CC(N)=O)[C@@H](CCC(N)=O)[C@]2(C)CC(N)=O.CC1=C(/C=C/C(C)=C/C=C/C(C)=C/C(=O)NC2CCSC2=O)C(C)(C)CCC1.CC1=C(/C=C/C(C)=C/C=C/C(C)=C/C(=O)NC2CCSC2=O)C(C)(C)CCC1.[Co+3]. The average molecular weight is 2130 g/mol. The number of aliphatic hydroxyl groups is 2. The molecule has 802 valence electrons. The van der Waals surface area contributed by atoms with Crippen LogP contribution in [-0.4, -0.2) is 173 Å². The molecule has 8 bridgehead atoms. The minimum Gasteiger partial charge on any atom is -0.756 e. The molecule has 17 atom stereocenters. The normalized spacial score (nSPS) is 30.1. The summed E-state index contributed by atoms with van der Waals surface area (Å²) < 4.78 is 31.9. The Morgan fingerprint density at radius 3 is 1.65 bits per heavy atom. The van der Waals surface area contributed by atoms with E-state index in [1.807, 2.05) is 119 Å². The third-order valence-corrected chi connectivity index (χ3v) is 34.4. The molecule has 37 heteroatoms. The number of imidazole rings is 1. The maximum Gasteiger partial charge on any atom is 3.00 e. The number of aliphatic hydroxyl groups excluding tert-OH is 2. The first-order chi connectivity index (χ1) is 68.2. The van der Waals surface area contributed by atoms with Crippen LogP contribution in [0.25, 0.3) is 16.4 Å². The topological polar surface area (TPSA) is 557 Å². The number of fused-ring (bicyclic) bond motifs is 7. The minimum atomic E-state index is -5.32. The Labute approximate surface area is 884 Å². The number of hydrogen-bond acceptors (Lipinski definition) is 24. The van der Waals surface area contributed by atoms with E-state index in [4.69, 9.17) is 68.5 Å². The van der Waals surface area contributed by atoms with Crippen molar-refractivity contribution in [2.24, 2.45) is 106 Å². The van der Waals surface area contributed by atoms with Gasteiger partial charge in [-0.05, 0) is 245 Å². The number of thioether (sulfide) groups is 2. The van der Waals surface area contributed by atoms with Crippen molar-refractivity contribution in [2.45, 2.75) is 322 Å². The zero-order valence-corrected chi connectivity index (χ0v) is 92.7. The number of primary amides is 6. The number of aromatic nitrogens is 2. The van der Waals surface area contributed by atoms with Crippen molar-refractivity contribution in [1.29, 1.82) is 0 Å². The zero-order chi connectivity index (χ0) is 108. The van der Waals surface area contributed by atoms with Crippen LogP contribution < -0.4 is 55.2 Å². The van der Waals surface area contributed by atoms with Gasteiger partial charge < -0.3 is 89.1 Å². The van der Waals surface area contributed by atoms with Crippen molar-refractivity contribution in [3.8, 4) is 0 Å². The summed E-state index contributed by atoms with van der Waals surface area (Å²) in [5.74, 6) is -6.23. The van der Waals surface area contributed by atoms with Crippen LogP contribution in [0.3, 0.4) is 0 Å². The second-order valence-electron chi connectivity index (χ2n) is 43.9. The summed E-state index contributed by atoms with van der Waals surface area (Å²) >= 11 is 2.58. The van der Waals surface area contributed by atoms with E-state index < -0.39 is 143 Å². The number of carbonyl (C=O) groups is 11. The standard InChI is InChI=1S/C62H90N13O14P.2C24H33NO2S.Co/c1-29-20-39-40(21-30(29)2)75(28-70-39)57-52(84)53(41(27-76)87-57)89-90(85,86)88-31(3)26-69-49(83)18-19-59(8)37(22-46(66)80)56-62(11)61(10,25-48(68)82)36(14-17-45(65)79)51(74-62)33(5)55-60(9,24-47(67)81)34(12-15-43(63)77)38(71-55)23-42-58(6,7)35(13-16-44(64)78)50(72-42)32(4)54(59)73-56;2*1-17(11-12-20-19(3)10-7-14-24(20,4)5)8-6-9-18(2)16-22(26)25-21-13-15-28-23(21)27;/h20-21,23,28,31,34-37,41,52-53,56-57,76,84H,12-19,22,24-27H2,1-11H3,(H15,63,64,65,66,67,68,69,71,72,73,74,77,78,79,80,81,82,83,85,86);2*6,8-9,11-12,16,21H,7,10,13-15H2,1-5H3,(H,25,26);/q;;;+3/p-2/b;2*9-6+,12-11+,17-8+,18-16+;/t31-,34-,35-,36-,37+,41-,52-,53-,56-,57-,59-,60+,61+,62+;;;/m1.../s1. The van der Waals surface area contributed by atoms with Gasteiger partial charge >= 0.3 is 16.8 Å². The largest absolute Gasteiger partial charge is 3.00 e. The van der Waals surface area contributed by atoms with Gasteiger partial charge in [0.2, 0.25) is 63.4 Å². The number of carbonyl (C=O) groups excluding carboxylic acids is 11. The maximum absolute atomic E-state index is 14.4. The number of nitrogens with one attached hydrogen (secondary N) is 3. The van der Waals surface area contributed by atoms with Gasteiger partial charge in [-0.25, -0.2) is 4.98 Å². The van der Waals surface area contributed by atoms with Crippen molar-refractivity contribution in [1.82, 2.24) is 25.5 Å². The van der Waals surface area contributed by atoms with Crippen LogP contribution in [0, 0.1) is 70.0 Å². The first-order valence-corrected chi connectivity index (χ1v) is 54.1. The molecule has 10 aliphatic rings. The summed E-state index contributed by atoms with van der Waals surface area (Å²) in [7, 11) is -5.32. The number of rotatable bonds is 38. The second-order valence-corrected chi connectivity index (χ2v) is 47.4. The van der Waals surface area contributed by atoms with Gasteiger partial charge in [-0.2, -0.15) is 5.70 Å². The number of phosphoric acid groups is 1. The molecular formula is C110H154CoN15O18PS2+. The fourth-order valence-corrected chi connectivity index (χ4v) is 25.8. The molecule has 4 fully saturated rings. The van der Waals surface area contributed by atoms with E-state index in [1.54, 1.807) is 19.1 Å². The summed E-state index contributed by atoms with van der Waals surface area (Å²) in [6, 6.07) is 1.99. The Balaban J connectivity index is 0.000000339. The van der Waals surface area contributed by atoms with Gasteiger partial charge in [-0.15, -0.1) is 0 Å². The molecule has 147 heavy (non-hydrogen) atoms. The Morgan fingerprint density at radius 2 is 1.16 bits per heavy atom. The van der Waals surface area contributed by atoms with Gasteiger partial charge in [0.15, 0.2) is 6.23 Å². The molecule has 9 amide bonds. The third kappa shape index (κ3) is 29.2. The van der Waals surface area contributed by atoms with Gasteiger partial charge in [-0.1, -0.05) is 175 Å². The molecule has 9 heterocycles. The van der Waals surface area contributed by atoms with E-state index in [1.165, 1.54) is 113 Å². The van der Waals surface area contributed by atoms with Crippen molar-refractivity contribution in [3.05, 3.63) is 187 Å². The fourth-order valence-electron chi connectivity index (χ4n) is 22.8. The number of phosphoric ester groups is 1. The number of nitrogens with two attached hydrogens (primary N) is 6. The number of benzene rings is 1. The van der Waals surface area contributed by atoms with Crippen molar-refractivity contribution < 1.29 is 103 Å². The molecule has 0 radical (unpaired) electrons. The number of allylic oxidation sites excluding steroid dienone is 24. The summed E-state index contributed by atoms with van der Waals surface area (Å²) in [5, 5.41) is 35.8. The smallest absolute Gasteiger partial charge is 0.756 e. The van der Waals surface area contributed by atoms with Crippen LogP contribution in [0.15, 0.2) is 185 Å². The summed E-state index contributed by atoms with van der Waals surface area (Å²) in [6.45, 7) is 40.7. The van der Waals surface area contributed by atoms with Gasteiger partial charge in [0.25, 0.3) is 7.82 Å². The van der Waals surface area contributed by atoms with E-state index >= 15 is 0 Å². The molecule has 0 spiro atoms. The number of amides is 9. The fraction of sp³-hybridized carbons (Fsp3) is 0.573. The second kappa shape index (κ2) is 50.2. The molecule has 4 saturated heterocycles. The molecule has 3 unspecified atom stereocenters. The zero-order valence-electron chi connectivity index (χ0n) is 89.1. The summed E-state index contributed by atoms with van der Waals surface area (Å²) in [6.07, 6.45) is 27.9. The van der Waals surface area contributed by atoms with Gasteiger partial charge in [0, 0.05) is 132 Å². The van der Waals surface area contributed by atoms with Crippen LogP contribution in [-0.2, 0) is 87.9 Å². The molecule has 1 aromatic heterocycles. The molecule has 33 nitrogen and oxygen atoms in total. The number of aryl methyl sites for hydroxylation is 2. The average Bonchev–Trinajstić information content (AvgIpc) is 1.52. The van der Waals surface area contributed by atoms with Crippen molar-refractivity contribution in [3.63, 3.8) is 0 Å². The Hall–Kier alpha value is -10.1. The van der Waals surface area contributed by atoms with Crippen LogP contribution in [0.1, 0.15) is 271 Å². The molecule has 8 aliphatic heterocycles. The summed E-state index contributed by atoms with van der Waals surface area (Å²) in [5.41, 5.74) is 47.1. The first kappa shape index (κ1) is 120. The minimum absolute atomic E-state index is 0. The van der Waals surface area contributed by atoms with Gasteiger partial charge in [0.1, 0.15) is 18.3 Å². The third-order valence-electron chi connectivity index (χ3n) is 31.2. The van der Waals surface area contributed by atoms with E-state index in [-0.39, 0.29) is 139 Å². The van der Waals surface area contributed by atoms with Crippen molar-refractivity contribution >= 4 is 123 Å². The Kier molecular flexibility index (Phi) is 41.1. The van der Waals surface area contributed by atoms with Crippen LogP contribution in [0.4, 0.5) is 0 Å². The van der Waals surface area contributed by atoms with Crippen LogP contribution in [0.5, 0.6) is 0 Å². The summed E-state index contributed by atoms with van der Waals surface area (Å²) in [4.78, 5) is 175. The van der Waals surface area contributed by atoms with Gasteiger partial charge in [0.05, 0.1) is 53.4 Å². The van der Waals surface area contributed by atoms with Crippen LogP contribution >= 0.6 is 31.3 Å². The number of nitrogens with zero attached hydrogens (tertiary/aromatic N) is 6. The number of aliphatic imine (C=N–C) groups is 3. The Bertz CT molecular complexity index is 5890. The van der Waals surface area contributed by atoms with Crippen LogP contribution in [0.2, 0.25) is 0 Å². The molecule has 0 saturated carbocycles. The number of hydrogen-bond donors (Lipinski definition) is 11. The van der Waals surface area contributed by atoms with E-state index in [0.29, 0.717) is 56.4 Å². The predicted octanol–water partition coefficient (Wildman–Crippen LogP) is 14.6. The van der Waals surface area contributed by atoms with Crippen molar-refractivity contribution in [2.75, 3.05) is 24.7 Å². The molecule has 1 aromatic carbocycles. The van der Waals surface area contributed by atoms with E-state index in [9.17, 15) is 72.4 Å². The quantitative estimate of drug-likeness (QED) is 0.0169. The molecule has 2 aliphatic carbocycles. The predicted molar refractivity (Wildman–Crippen MR) is 572 cm³/mol. The molecule has 17 N–H and O–H groups in total. The first-order valence-electron chi connectivity index (χ1n) is 50.6. The molecule has 2 aromatic rings. The molecule has 12 rings (SSSR count). The monoisotopic (exact) mass is 2130 g/mol. The Morgan fingerprint density at radius 1 is 0.653 bits per heavy atom. The van der Waals surface area contributed by atoms with Gasteiger partial charge in [-0.3, -0.25) is 72.3 Å². The van der Waals surface area contributed by atoms with E-state index in [0.717, 1.165) is 46.6 Å². The molecular weight excluding hydrogens is 1970 g/mol. The van der Waals surface area contributed by atoms with E-state index in [2.05, 4.69) is 113 Å². The maximum atomic E-state index is 14.4. The number of ether oxygens (including phenoxy) is 1.